The van der Waals surface area contributed by atoms with Gasteiger partial charge >= 0.3 is 0 Å². The van der Waals surface area contributed by atoms with E-state index in [0.717, 1.165) is 12.8 Å². The van der Waals surface area contributed by atoms with Gasteiger partial charge in [0.05, 0.1) is 17.4 Å². The molecule has 1 amide bonds. The lowest BCUT2D eigenvalue weighted by Crippen LogP contribution is -2.37. The lowest BCUT2D eigenvalue weighted by Gasteiger charge is -2.09. The molecule has 3 N–H and O–H groups in total. The molecule has 1 aliphatic carbocycles. The summed E-state index contributed by atoms with van der Waals surface area (Å²) in [7, 11) is 0. The Morgan fingerprint density at radius 2 is 2.29 bits per heavy atom. The van der Waals surface area contributed by atoms with Crippen molar-refractivity contribution in [3.63, 3.8) is 0 Å². The highest BCUT2D eigenvalue weighted by Crippen LogP contribution is 2.33. The number of carbonyl (C=O) groups is 1. The third kappa shape index (κ3) is 1.86. The molecule has 5 heteroatoms. The maximum absolute atomic E-state index is 11.5. The second-order valence-electron chi connectivity index (χ2n) is 3.48. The normalized spacial score (nSPS) is 17.6. The molecule has 74 valence electrons. The van der Waals surface area contributed by atoms with E-state index < -0.39 is 5.54 Å². The Bertz CT molecular complexity index is 359. The summed E-state index contributed by atoms with van der Waals surface area (Å²) in [5.41, 5.74) is 5.68. The van der Waals surface area contributed by atoms with Crippen LogP contribution in [0.15, 0.2) is 18.3 Å². The van der Waals surface area contributed by atoms with E-state index in [9.17, 15) is 4.79 Å². The highest BCUT2D eigenvalue weighted by molar-refractivity contribution is 6.29. The maximum Gasteiger partial charge on any atom is 0.244 e. The van der Waals surface area contributed by atoms with Crippen molar-refractivity contribution in [3.8, 4) is 0 Å². The first-order valence-corrected chi connectivity index (χ1v) is 4.70. The first-order valence-electron chi connectivity index (χ1n) is 4.32. The highest BCUT2D eigenvalue weighted by atomic mass is 35.5. The predicted molar refractivity (Wildman–Crippen MR) is 54.0 cm³/mol. The minimum Gasteiger partial charge on any atom is -0.323 e. The van der Waals surface area contributed by atoms with Gasteiger partial charge in [-0.1, -0.05) is 11.6 Å². The molecule has 1 fully saturated rings. The number of pyridine rings is 1. The predicted octanol–water partition coefficient (Wildman–Crippen LogP) is 1.16. The van der Waals surface area contributed by atoms with E-state index in [4.69, 9.17) is 17.3 Å². The van der Waals surface area contributed by atoms with Crippen molar-refractivity contribution in [1.82, 2.24) is 4.98 Å². The number of nitrogens with one attached hydrogen (secondary N) is 1. The molecule has 0 aromatic carbocycles. The van der Waals surface area contributed by atoms with Gasteiger partial charge in [0.25, 0.3) is 0 Å². The van der Waals surface area contributed by atoms with Gasteiger partial charge in [-0.25, -0.2) is 4.98 Å². The van der Waals surface area contributed by atoms with Gasteiger partial charge in [-0.05, 0) is 25.0 Å². The largest absolute Gasteiger partial charge is 0.323 e. The molecule has 2 rings (SSSR count). The van der Waals surface area contributed by atoms with E-state index in [1.165, 1.54) is 6.20 Å². The van der Waals surface area contributed by atoms with Gasteiger partial charge in [-0.2, -0.15) is 0 Å². The first kappa shape index (κ1) is 9.43. The van der Waals surface area contributed by atoms with Crippen LogP contribution in [0.1, 0.15) is 12.8 Å². The molecule has 1 aromatic heterocycles. The Hall–Kier alpha value is -1.13. The van der Waals surface area contributed by atoms with E-state index in [0.29, 0.717) is 10.8 Å². The SMILES string of the molecule is NC1(C(=O)Nc2ccc(Cl)nc2)CC1. The fraction of sp³-hybridized carbons (Fsp3) is 0.333. The molecule has 4 nitrogen and oxygen atoms in total. The van der Waals surface area contributed by atoms with Gasteiger partial charge in [0.1, 0.15) is 5.15 Å². The van der Waals surface area contributed by atoms with Crippen LogP contribution in [0.2, 0.25) is 5.15 Å². The molecule has 1 aliphatic rings. The van der Waals surface area contributed by atoms with Crippen LogP contribution in [0.5, 0.6) is 0 Å². The van der Waals surface area contributed by atoms with Gasteiger partial charge in [0, 0.05) is 0 Å². The smallest absolute Gasteiger partial charge is 0.244 e. The zero-order chi connectivity index (χ0) is 10.2. The zero-order valence-electron chi connectivity index (χ0n) is 7.46. The number of rotatable bonds is 2. The Labute approximate surface area is 86.5 Å². The first-order chi connectivity index (χ1) is 6.60. The van der Waals surface area contributed by atoms with E-state index in [2.05, 4.69) is 10.3 Å². The van der Waals surface area contributed by atoms with Crippen LogP contribution in [0.4, 0.5) is 5.69 Å². The lowest BCUT2D eigenvalue weighted by atomic mass is 10.2. The second kappa shape index (κ2) is 3.22. The van der Waals surface area contributed by atoms with Crippen molar-refractivity contribution in [2.24, 2.45) is 5.73 Å². The van der Waals surface area contributed by atoms with Gasteiger partial charge < -0.3 is 11.1 Å². The second-order valence-corrected chi connectivity index (χ2v) is 3.87. The summed E-state index contributed by atoms with van der Waals surface area (Å²) >= 11 is 5.60. The van der Waals surface area contributed by atoms with Crippen LogP contribution in [-0.2, 0) is 4.79 Å². The zero-order valence-corrected chi connectivity index (χ0v) is 8.21. The average molecular weight is 212 g/mol. The van der Waals surface area contributed by atoms with E-state index in [1.807, 2.05) is 0 Å². The average Bonchev–Trinajstić information content (AvgIpc) is 2.89. The monoisotopic (exact) mass is 211 g/mol. The molecule has 0 unspecified atom stereocenters. The Morgan fingerprint density at radius 3 is 2.79 bits per heavy atom. The molecule has 0 saturated heterocycles. The van der Waals surface area contributed by atoms with Gasteiger partial charge in [0.2, 0.25) is 5.91 Å². The summed E-state index contributed by atoms with van der Waals surface area (Å²) in [6, 6.07) is 3.31. The van der Waals surface area contributed by atoms with Gasteiger partial charge in [0.15, 0.2) is 0 Å². The number of nitrogens with two attached hydrogens (primary N) is 1. The summed E-state index contributed by atoms with van der Waals surface area (Å²) in [6.45, 7) is 0. The number of hydrogen-bond donors (Lipinski definition) is 2. The summed E-state index contributed by atoms with van der Waals surface area (Å²) in [6.07, 6.45) is 3.01. The number of halogens is 1. The van der Waals surface area contributed by atoms with Crippen LogP contribution >= 0.6 is 11.6 Å². The third-order valence-electron chi connectivity index (χ3n) is 2.23. The molecular weight excluding hydrogens is 202 g/mol. The molecule has 1 heterocycles. The molecule has 0 spiro atoms. The van der Waals surface area contributed by atoms with Crippen LogP contribution in [0.3, 0.4) is 0 Å². The van der Waals surface area contributed by atoms with Crippen LogP contribution in [-0.4, -0.2) is 16.4 Å². The molecule has 0 aliphatic heterocycles. The molecule has 0 bridgehead atoms. The minimum atomic E-state index is -0.653. The van der Waals surface area contributed by atoms with Crippen molar-refractivity contribution in [2.45, 2.75) is 18.4 Å². The number of aromatic nitrogens is 1. The summed E-state index contributed by atoms with van der Waals surface area (Å²) < 4.78 is 0. The van der Waals surface area contributed by atoms with E-state index in [-0.39, 0.29) is 5.91 Å². The lowest BCUT2D eigenvalue weighted by molar-refractivity contribution is -0.118. The highest BCUT2D eigenvalue weighted by Gasteiger charge is 2.45. The molecule has 14 heavy (non-hydrogen) atoms. The van der Waals surface area contributed by atoms with Crippen molar-refractivity contribution >= 4 is 23.2 Å². The Balaban J connectivity index is 2.04. The Kier molecular flexibility index (Phi) is 2.17. The van der Waals surface area contributed by atoms with E-state index in [1.54, 1.807) is 12.1 Å². The summed E-state index contributed by atoms with van der Waals surface area (Å²) in [5, 5.41) is 3.09. The number of nitrogens with zero attached hydrogens (tertiary/aromatic N) is 1. The molecule has 1 aromatic rings. The quantitative estimate of drug-likeness (QED) is 0.722. The molecular formula is C9H10ClN3O. The number of hydrogen-bond acceptors (Lipinski definition) is 3. The van der Waals surface area contributed by atoms with Crippen LogP contribution in [0.25, 0.3) is 0 Å². The molecule has 0 atom stereocenters. The Morgan fingerprint density at radius 1 is 1.57 bits per heavy atom. The fourth-order valence-corrected chi connectivity index (χ4v) is 1.18. The molecule has 1 saturated carbocycles. The number of amides is 1. The number of anilines is 1. The van der Waals surface area contributed by atoms with Crippen molar-refractivity contribution in [1.29, 1.82) is 0 Å². The minimum absolute atomic E-state index is 0.151. The summed E-state index contributed by atoms with van der Waals surface area (Å²) in [4.78, 5) is 15.3. The van der Waals surface area contributed by atoms with E-state index >= 15 is 0 Å². The summed E-state index contributed by atoms with van der Waals surface area (Å²) in [5.74, 6) is -0.151. The van der Waals surface area contributed by atoms with Crippen molar-refractivity contribution in [3.05, 3.63) is 23.5 Å². The van der Waals surface area contributed by atoms with Crippen LogP contribution < -0.4 is 11.1 Å². The molecule has 0 radical (unpaired) electrons. The maximum atomic E-state index is 11.5. The fourth-order valence-electron chi connectivity index (χ4n) is 1.07. The van der Waals surface area contributed by atoms with Gasteiger partial charge in [-0.3, -0.25) is 4.79 Å². The number of carbonyl (C=O) groups excluding carboxylic acids is 1. The third-order valence-corrected chi connectivity index (χ3v) is 2.45. The van der Waals surface area contributed by atoms with Gasteiger partial charge in [-0.15, -0.1) is 0 Å². The standard InChI is InChI=1S/C9H10ClN3O/c10-7-2-1-6(5-12-7)13-8(14)9(11)3-4-9/h1-2,5H,3-4,11H2,(H,13,14). The topological polar surface area (TPSA) is 68.0 Å². The van der Waals surface area contributed by atoms with Crippen molar-refractivity contribution < 1.29 is 4.79 Å². The van der Waals surface area contributed by atoms with Crippen LogP contribution in [0, 0.1) is 0 Å². The van der Waals surface area contributed by atoms with Crippen molar-refractivity contribution in [2.75, 3.05) is 5.32 Å².